The lowest BCUT2D eigenvalue weighted by Crippen LogP contribution is -2.43. The molecule has 10 nitrogen and oxygen atoms in total. The smallest absolute Gasteiger partial charge is 0.407 e. The fourth-order valence-electron chi connectivity index (χ4n) is 6.18. The second-order valence-corrected chi connectivity index (χ2v) is 11.3. The highest BCUT2D eigenvalue weighted by atomic mass is 16.5. The number of ketones is 2. The summed E-state index contributed by atoms with van der Waals surface area (Å²) in [7, 11) is 0. The number of aliphatic hydroxyl groups is 2. The average Bonchev–Trinajstić information content (AvgIpc) is 2.90. The number of carbonyl (C=O) groups is 4. The number of fused-ring (bicyclic) bond motifs is 3. The number of hydrogen-bond acceptors (Lipinski definition) is 8. The molecule has 3 aliphatic rings. The van der Waals surface area contributed by atoms with Crippen molar-refractivity contribution in [2.75, 3.05) is 6.61 Å². The maximum absolute atomic E-state index is 13.7. The predicted octanol–water partition coefficient (Wildman–Crippen LogP) is 4.01. The highest BCUT2D eigenvalue weighted by Crippen LogP contribution is 2.50. The molecule has 10 heteroatoms. The van der Waals surface area contributed by atoms with Crippen LogP contribution in [0.2, 0.25) is 0 Å². The van der Waals surface area contributed by atoms with Crippen molar-refractivity contribution < 1.29 is 39.2 Å². The van der Waals surface area contributed by atoms with E-state index in [2.05, 4.69) is 5.32 Å². The minimum atomic E-state index is -1.15. The van der Waals surface area contributed by atoms with E-state index in [1.54, 1.807) is 6.07 Å². The minimum absolute atomic E-state index is 0.0169. The molecule has 3 atom stereocenters. The van der Waals surface area contributed by atoms with Gasteiger partial charge in [0.05, 0.1) is 18.1 Å². The summed E-state index contributed by atoms with van der Waals surface area (Å²) in [5, 5.41) is 34.9. The van der Waals surface area contributed by atoms with E-state index in [1.807, 2.05) is 38.1 Å². The van der Waals surface area contributed by atoms with Crippen LogP contribution >= 0.6 is 0 Å². The van der Waals surface area contributed by atoms with Gasteiger partial charge in [-0.25, -0.2) is 4.79 Å². The number of hydrogen-bond donors (Lipinski definition) is 5. The Hall–Kier alpha value is -4.60. The topological polar surface area (TPSA) is 176 Å². The van der Waals surface area contributed by atoms with Crippen molar-refractivity contribution in [3.8, 4) is 16.9 Å². The number of aliphatic hydroxyl groups excluding tert-OH is 2. The number of amides is 2. The molecule has 0 aliphatic heterocycles. The number of Topliss-reactive ketones (excluding diaryl/α,β-unsaturated/α-hetero) is 2. The van der Waals surface area contributed by atoms with Crippen LogP contribution in [0.4, 0.5) is 4.79 Å². The summed E-state index contributed by atoms with van der Waals surface area (Å²) in [5.74, 6) is -5.39. The Morgan fingerprint density at radius 2 is 1.76 bits per heavy atom. The number of rotatable bonds is 6. The summed E-state index contributed by atoms with van der Waals surface area (Å²) in [6.45, 7) is 4.51. The van der Waals surface area contributed by atoms with E-state index in [-0.39, 0.29) is 35.8 Å². The number of phenols is 1. The van der Waals surface area contributed by atoms with Gasteiger partial charge in [-0.1, -0.05) is 44.2 Å². The summed E-state index contributed by atoms with van der Waals surface area (Å²) in [4.78, 5) is 50.4. The molecule has 0 saturated carbocycles. The Morgan fingerprint density at radius 3 is 2.41 bits per heavy atom. The van der Waals surface area contributed by atoms with E-state index in [0.29, 0.717) is 25.0 Å². The van der Waals surface area contributed by atoms with E-state index >= 15 is 0 Å². The van der Waals surface area contributed by atoms with Gasteiger partial charge in [0, 0.05) is 18.5 Å². The van der Waals surface area contributed by atoms with E-state index in [4.69, 9.17) is 10.5 Å². The predicted molar refractivity (Wildman–Crippen MR) is 148 cm³/mol. The van der Waals surface area contributed by atoms with Gasteiger partial charge in [-0.2, -0.15) is 0 Å². The number of primary amides is 1. The van der Waals surface area contributed by atoms with E-state index in [0.717, 1.165) is 16.7 Å². The van der Waals surface area contributed by atoms with Crippen LogP contribution in [0.5, 0.6) is 5.75 Å². The zero-order valence-corrected chi connectivity index (χ0v) is 22.8. The third-order valence-electron chi connectivity index (χ3n) is 8.02. The van der Waals surface area contributed by atoms with Crippen molar-refractivity contribution in [1.29, 1.82) is 0 Å². The lowest BCUT2D eigenvalue weighted by Gasteiger charge is -2.41. The van der Waals surface area contributed by atoms with Gasteiger partial charge in [-0.05, 0) is 58.9 Å². The number of alkyl carbamates (subject to hydrolysis) is 1. The largest absolute Gasteiger partial charge is 0.511 e. The molecule has 2 amide bonds. The van der Waals surface area contributed by atoms with Gasteiger partial charge in [0.1, 0.15) is 22.8 Å². The first-order valence-corrected chi connectivity index (χ1v) is 13.6. The van der Waals surface area contributed by atoms with Crippen molar-refractivity contribution in [3.05, 3.63) is 75.8 Å². The summed E-state index contributed by atoms with van der Waals surface area (Å²) in [6.07, 6.45) is 0.130. The molecule has 0 heterocycles. The fraction of sp³-hybridized carbons (Fsp3) is 0.355. The molecule has 0 aromatic heterocycles. The van der Waals surface area contributed by atoms with Crippen LogP contribution in [0, 0.1) is 23.7 Å². The molecule has 6 N–H and O–H groups in total. The molecule has 3 aliphatic carbocycles. The van der Waals surface area contributed by atoms with Crippen molar-refractivity contribution in [1.82, 2.24) is 5.32 Å². The van der Waals surface area contributed by atoms with E-state index in [1.165, 1.54) is 6.07 Å². The fourth-order valence-corrected chi connectivity index (χ4v) is 6.18. The number of ether oxygens (including phenoxy) is 1. The van der Waals surface area contributed by atoms with Crippen molar-refractivity contribution >= 4 is 23.6 Å². The molecule has 2 aromatic rings. The van der Waals surface area contributed by atoms with Crippen molar-refractivity contribution in [3.63, 3.8) is 0 Å². The van der Waals surface area contributed by atoms with Crippen LogP contribution in [0.3, 0.4) is 0 Å². The number of benzene rings is 2. The molecule has 5 rings (SSSR count). The molecule has 0 saturated heterocycles. The number of allylic oxidation sites excluding steroid dienone is 3. The Kier molecular flexibility index (Phi) is 7.33. The van der Waals surface area contributed by atoms with Gasteiger partial charge in [0.2, 0.25) is 0 Å². The second-order valence-electron chi connectivity index (χ2n) is 11.3. The van der Waals surface area contributed by atoms with Gasteiger partial charge in [0.15, 0.2) is 11.6 Å². The summed E-state index contributed by atoms with van der Waals surface area (Å²) in [6, 6.07) is 10.6. The Labute approximate surface area is 236 Å². The Balaban J connectivity index is 1.43. The van der Waals surface area contributed by atoms with Crippen LogP contribution in [-0.2, 0) is 27.3 Å². The molecule has 0 fully saturated rings. The minimum Gasteiger partial charge on any atom is -0.511 e. The summed E-state index contributed by atoms with van der Waals surface area (Å²) >= 11 is 0. The van der Waals surface area contributed by atoms with Crippen LogP contribution in [0.15, 0.2) is 59.1 Å². The second kappa shape index (κ2) is 10.8. The first-order chi connectivity index (χ1) is 19.5. The van der Waals surface area contributed by atoms with Gasteiger partial charge in [-0.3, -0.25) is 14.4 Å². The first kappa shape index (κ1) is 27.9. The van der Waals surface area contributed by atoms with Gasteiger partial charge in [-0.15, -0.1) is 0 Å². The molecule has 41 heavy (non-hydrogen) atoms. The molecule has 2 unspecified atom stereocenters. The number of aromatic hydroxyl groups is 1. The van der Waals surface area contributed by atoms with Crippen LogP contribution in [0.1, 0.15) is 48.2 Å². The number of phenolic OH excluding ortho intramolecular Hbond substituents is 1. The molecule has 2 aromatic carbocycles. The highest BCUT2D eigenvalue weighted by Gasteiger charge is 2.50. The van der Waals surface area contributed by atoms with Gasteiger partial charge >= 0.3 is 6.09 Å². The number of carbonyl (C=O) groups excluding carboxylic acids is 4. The maximum atomic E-state index is 13.7. The summed E-state index contributed by atoms with van der Waals surface area (Å²) < 4.78 is 5.13. The van der Waals surface area contributed by atoms with E-state index < -0.39 is 58.4 Å². The molecule has 0 bridgehead atoms. The number of nitrogens with one attached hydrogen (secondary N) is 1. The zero-order valence-electron chi connectivity index (χ0n) is 22.8. The highest BCUT2D eigenvalue weighted by molar-refractivity contribution is 6.22. The molecule has 0 radical (unpaired) electrons. The SMILES string of the molecule is CC(C)COC(=O)NCc1ccc(-c2ccc(O)c3c2CC2C[C@H]4CC(O)=C(C(N)=O)C(=O)C4C(O)=C2C3=O)cc1. The normalized spacial score (nSPS) is 21.8. The molecule has 0 spiro atoms. The maximum Gasteiger partial charge on any atom is 0.407 e. The standard InChI is InChI=1S/C31H32N2O8/c1-14(2)13-41-31(40)33-12-15-3-5-16(6-4-15)19-7-8-21(34)25-20(19)10-17-9-18-11-22(35)26(30(32)39)29(38)24(18)27(36)23(17)28(25)37/h3-8,14,17-18,24,34-36H,9-13H2,1-2H3,(H2,32,39)(H,33,40)/t17?,18-,24?/m0/s1. The Bertz CT molecular complexity index is 1520. The average molecular weight is 561 g/mol. The van der Waals surface area contributed by atoms with Gasteiger partial charge < -0.3 is 31.1 Å². The van der Waals surface area contributed by atoms with Crippen molar-refractivity contribution in [2.24, 2.45) is 29.4 Å². The molecule has 214 valence electrons. The zero-order chi connectivity index (χ0) is 29.6. The third kappa shape index (κ3) is 5.05. The van der Waals surface area contributed by atoms with E-state index in [9.17, 15) is 34.5 Å². The number of nitrogens with two attached hydrogens (primary N) is 1. The lowest BCUT2D eigenvalue weighted by atomic mass is 9.62. The molecular formula is C31H32N2O8. The molecular weight excluding hydrogens is 528 g/mol. The monoisotopic (exact) mass is 560 g/mol. The van der Waals surface area contributed by atoms with Crippen molar-refractivity contribution in [2.45, 2.75) is 39.7 Å². The Morgan fingerprint density at radius 1 is 1.05 bits per heavy atom. The lowest BCUT2D eigenvalue weighted by molar-refractivity contribution is -0.126. The van der Waals surface area contributed by atoms with Gasteiger partial charge in [0.25, 0.3) is 5.91 Å². The van der Waals surface area contributed by atoms with Crippen LogP contribution in [-0.4, -0.2) is 45.5 Å². The van der Waals surface area contributed by atoms with Crippen LogP contribution < -0.4 is 11.1 Å². The quantitative estimate of drug-likeness (QED) is 0.329. The third-order valence-corrected chi connectivity index (χ3v) is 8.02. The summed E-state index contributed by atoms with van der Waals surface area (Å²) in [5.41, 5.74) is 7.86. The first-order valence-electron chi connectivity index (χ1n) is 13.6. The van der Waals surface area contributed by atoms with Crippen LogP contribution in [0.25, 0.3) is 11.1 Å².